The van der Waals surface area contributed by atoms with Crippen molar-refractivity contribution in [2.24, 2.45) is 5.41 Å². The van der Waals surface area contributed by atoms with E-state index in [1.54, 1.807) is 0 Å². The molecule has 1 aromatic carbocycles. The number of benzene rings is 1. The number of halogens is 1. The second kappa shape index (κ2) is 4.58. The quantitative estimate of drug-likeness (QED) is 0.828. The number of anilines is 1. The van der Waals surface area contributed by atoms with E-state index in [0.29, 0.717) is 0 Å². The third-order valence-corrected chi connectivity index (χ3v) is 2.98. The van der Waals surface area contributed by atoms with Crippen LogP contribution in [0.15, 0.2) is 16.6 Å². The summed E-state index contributed by atoms with van der Waals surface area (Å²) in [4.78, 5) is 11.9. The molecule has 0 aliphatic heterocycles. The molecule has 0 fully saturated rings. The lowest BCUT2D eigenvalue weighted by Gasteiger charge is -2.19. The molecule has 0 aromatic heterocycles. The molecule has 0 atom stereocenters. The summed E-state index contributed by atoms with van der Waals surface area (Å²) in [5.74, 6) is 0.0279. The van der Waals surface area contributed by atoms with Gasteiger partial charge in [-0.2, -0.15) is 0 Å². The Morgan fingerprint density at radius 1 is 1.25 bits per heavy atom. The molecule has 0 aliphatic rings. The standard InChI is InChI=1S/C13H18BrNO/c1-8-6-9(2)11(10(14)7-8)15-12(16)13(3,4)5/h6-7H,1-5H3,(H,15,16). The molecule has 3 heteroatoms. The van der Waals surface area contributed by atoms with Gasteiger partial charge in [0, 0.05) is 9.89 Å². The fourth-order valence-electron chi connectivity index (χ4n) is 1.38. The Bertz CT molecular complexity index is 395. The van der Waals surface area contributed by atoms with Crippen molar-refractivity contribution in [3.63, 3.8) is 0 Å². The van der Waals surface area contributed by atoms with Gasteiger partial charge in [-0.05, 0) is 47.0 Å². The van der Waals surface area contributed by atoms with Gasteiger partial charge in [-0.15, -0.1) is 0 Å². The molecule has 88 valence electrons. The fraction of sp³-hybridized carbons (Fsp3) is 0.462. The van der Waals surface area contributed by atoms with E-state index < -0.39 is 0 Å². The minimum absolute atomic E-state index is 0.0279. The summed E-state index contributed by atoms with van der Waals surface area (Å²) in [5, 5.41) is 2.96. The Hall–Kier alpha value is -0.830. The van der Waals surface area contributed by atoms with Crippen LogP contribution in [0.2, 0.25) is 0 Å². The predicted octanol–water partition coefficient (Wildman–Crippen LogP) is 4.05. The van der Waals surface area contributed by atoms with Crippen molar-refractivity contribution in [1.29, 1.82) is 0 Å². The Morgan fingerprint density at radius 3 is 2.25 bits per heavy atom. The van der Waals surface area contributed by atoms with Gasteiger partial charge in [0.25, 0.3) is 0 Å². The highest BCUT2D eigenvalue weighted by atomic mass is 79.9. The van der Waals surface area contributed by atoms with E-state index >= 15 is 0 Å². The van der Waals surface area contributed by atoms with Gasteiger partial charge >= 0.3 is 0 Å². The third-order valence-electron chi connectivity index (χ3n) is 2.35. The van der Waals surface area contributed by atoms with Gasteiger partial charge in [0.05, 0.1) is 5.69 Å². The lowest BCUT2D eigenvalue weighted by molar-refractivity contribution is -0.123. The first-order valence-corrected chi connectivity index (χ1v) is 6.09. The Kier molecular flexibility index (Phi) is 3.79. The van der Waals surface area contributed by atoms with E-state index in [-0.39, 0.29) is 11.3 Å². The summed E-state index contributed by atoms with van der Waals surface area (Å²) in [7, 11) is 0. The smallest absolute Gasteiger partial charge is 0.229 e. The molecular formula is C13H18BrNO. The van der Waals surface area contributed by atoms with Gasteiger partial charge in [0.15, 0.2) is 0 Å². The number of hydrogen-bond donors (Lipinski definition) is 1. The van der Waals surface area contributed by atoms with Crippen LogP contribution < -0.4 is 5.32 Å². The number of rotatable bonds is 1. The summed E-state index contributed by atoms with van der Waals surface area (Å²) in [6.45, 7) is 9.74. The summed E-state index contributed by atoms with van der Waals surface area (Å²) in [5.41, 5.74) is 2.74. The fourth-order valence-corrected chi connectivity index (χ4v) is 2.15. The second-order valence-corrected chi connectivity index (χ2v) is 6.00. The van der Waals surface area contributed by atoms with Gasteiger partial charge < -0.3 is 5.32 Å². The predicted molar refractivity (Wildman–Crippen MR) is 71.7 cm³/mol. The van der Waals surface area contributed by atoms with Crippen molar-refractivity contribution in [2.75, 3.05) is 5.32 Å². The van der Waals surface area contributed by atoms with Gasteiger partial charge in [0.1, 0.15) is 0 Å². The van der Waals surface area contributed by atoms with Gasteiger partial charge in [0.2, 0.25) is 5.91 Å². The molecule has 0 heterocycles. The van der Waals surface area contributed by atoms with Crippen molar-refractivity contribution in [2.45, 2.75) is 34.6 Å². The second-order valence-electron chi connectivity index (χ2n) is 5.14. The molecule has 0 bridgehead atoms. The molecular weight excluding hydrogens is 266 g/mol. The summed E-state index contributed by atoms with van der Waals surface area (Å²) >= 11 is 3.48. The van der Waals surface area contributed by atoms with Crippen LogP contribution in [0.3, 0.4) is 0 Å². The zero-order chi connectivity index (χ0) is 12.5. The Labute approximate surface area is 106 Å². The zero-order valence-electron chi connectivity index (χ0n) is 10.4. The number of carbonyl (C=O) groups is 1. The highest BCUT2D eigenvalue weighted by molar-refractivity contribution is 9.10. The maximum absolute atomic E-state index is 11.9. The van der Waals surface area contributed by atoms with Crippen molar-refractivity contribution in [3.8, 4) is 0 Å². The maximum atomic E-state index is 11.9. The van der Waals surface area contributed by atoms with Crippen molar-refractivity contribution in [3.05, 3.63) is 27.7 Å². The average Bonchev–Trinajstić information content (AvgIpc) is 2.08. The Morgan fingerprint density at radius 2 is 1.81 bits per heavy atom. The topological polar surface area (TPSA) is 29.1 Å². The van der Waals surface area contributed by atoms with Crippen molar-refractivity contribution in [1.82, 2.24) is 0 Å². The number of carbonyl (C=O) groups excluding carboxylic acids is 1. The first-order valence-electron chi connectivity index (χ1n) is 5.30. The van der Waals surface area contributed by atoms with E-state index in [0.717, 1.165) is 15.7 Å². The normalized spacial score (nSPS) is 11.4. The maximum Gasteiger partial charge on any atom is 0.229 e. The molecule has 1 amide bonds. The lowest BCUT2D eigenvalue weighted by Crippen LogP contribution is -2.28. The van der Waals surface area contributed by atoms with Crippen LogP contribution in [0.4, 0.5) is 5.69 Å². The minimum atomic E-state index is -0.378. The van der Waals surface area contributed by atoms with Crippen molar-refractivity contribution >= 4 is 27.5 Å². The monoisotopic (exact) mass is 283 g/mol. The molecule has 0 spiro atoms. The van der Waals surface area contributed by atoms with E-state index in [1.807, 2.05) is 40.7 Å². The SMILES string of the molecule is Cc1cc(C)c(NC(=O)C(C)(C)C)c(Br)c1. The molecule has 0 saturated carbocycles. The molecule has 0 saturated heterocycles. The third kappa shape index (κ3) is 3.08. The molecule has 1 N–H and O–H groups in total. The minimum Gasteiger partial charge on any atom is -0.324 e. The zero-order valence-corrected chi connectivity index (χ0v) is 12.0. The molecule has 16 heavy (non-hydrogen) atoms. The molecule has 1 aromatic rings. The van der Waals surface area contributed by atoms with Crippen LogP contribution in [0.25, 0.3) is 0 Å². The van der Waals surface area contributed by atoms with Gasteiger partial charge in [-0.25, -0.2) is 0 Å². The van der Waals surface area contributed by atoms with Crippen LogP contribution in [0.1, 0.15) is 31.9 Å². The highest BCUT2D eigenvalue weighted by Gasteiger charge is 2.22. The highest BCUT2D eigenvalue weighted by Crippen LogP contribution is 2.29. The lowest BCUT2D eigenvalue weighted by atomic mass is 9.95. The molecule has 0 radical (unpaired) electrons. The van der Waals surface area contributed by atoms with Gasteiger partial charge in [-0.3, -0.25) is 4.79 Å². The first kappa shape index (κ1) is 13.2. The van der Waals surface area contributed by atoms with Crippen LogP contribution in [0.5, 0.6) is 0 Å². The van der Waals surface area contributed by atoms with Crippen LogP contribution in [-0.4, -0.2) is 5.91 Å². The Balaban J connectivity index is 3.03. The van der Waals surface area contributed by atoms with E-state index in [2.05, 4.69) is 27.3 Å². The molecule has 0 aliphatic carbocycles. The first-order chi connectivity index (χ1) is 7.21. The van der Waals surface area contributed by atoms with E-state index in [1.165, 1.54) is 5.56 Å². The summed E-state index contributed by atoms with van der Waals surface area (Å²) in [6, 6.07) is 4.06. The number of aryl methyl sites for hydroxylation is 2. The molecule has 1 rings (SSSR count). The average molecular weight is 284 g/mol. The molecule has 0 unspecified atom stereocenters. The largest absolute Gasteiger partial charge is 0.324 e. The van der Waals surface area contributed by atoms with E-state index in [9.17, 15) is 4.79 Å². The summed E-state index contributed by atoms with van der Waals surface area (Å²) in [6.07, 6.45) is 0. The number of hydrogen-bond acceptors (Lipinski definition) is 1. The van der Waals surface area contributed by atoms with Gasteiger partial charge in [-0.1, -0.05) is 26.8 Å². The van der Waals surface area contributed by atoms with E-state index in [4.69, 9.17) is 0 Å². The van der Waals surface area contributed by atoms with Crippen LogP contribution in [0, 0.1) is 19.3 Å². The molecule has 2 nitrogen and oxygen atoms in total. The van der Waals surface area contributed by atoms with Crippen LogP contribution >= 0.6 is 15.9 Å². The number of nitrogens with one attached hydrogen (secondary N) is 1. The number of amides is 1. The van der Waals surface area contributed by atoms with Crippen molar-refractivity contribution < 1.29 is 4.79 Å². The van der Waals surface area contributed by atoms with Crippen LogP contribution in [-0.2, 0) is 4.79 Å². The summed E-state index contributed by atoms with van der Waals surface area (Å²) < 4.78 is 0.933.